The lowest BCUT2D eigenvalue weighted by Crippen LogP contribution is -2.47. The van der Waals surface area contributed by atoms with Gasteiger partial charge in [-0.2, -0.15) is 0 Å². The highest BCUT2D eigenvalue weighted by Gasteiger charge is 2.27. The molecule has 0 unspecified atom stereocenters. The number of carbonyl (C=O) groups is 1. The van der Waals surface area contributed by atoms with E-state index in [0.29, 0.717) is 0 Å². The summed E-state index contributed by atoms with van der Waals surface area (Å²) in [7, 11) is 0. The Bertz CT molecular complexity index is 397. The minimum atomic E-state index is -0.761. The Morgan fingerprint density at radius 3 is 2.76 bits per heavy atom. The molecule has 0 aliphatic carbocycles. The van der Waals surface area contributed by atoms with Gasteiger partial charge < -0.3 is 10.0 Å². The second kappa shape index (κ2) is 5.21. The first kappa shape index (κ1) is 12.0. The molecule has 92 valence electrons. The van der Waals surface area contributed by atoms with Crippen LogP contribution in [0.4, 0.5) is 5.69 Å². The average molecular weight is 233 g/mol. The van der Waals surface area contributed by atoms with E-state index in [1.807, 2.05) is 24.3 Å². The van der Waals surface area contributed by atoms with Crippen molar-refractivity contribution < 1.29 is 9.90 Å². The van der Waals surface area contributed by atoms with Crippen molar-refractivity contribution in [3.63, 3.8) is 0 Å². The first-order valence-electron chi connectivity index (χ1n) is 6.25. The predicted molar refractivity (Wildman–Crippen MR) is 68.4 cm³/mol. The van der Waals surface area contributed by atoms with Crippen LogP contribution in [-0.4, -0.2) is 24.2 Å². The first-order chi connectivity index (χ1) is 8.20. The largest absolute Gasteiger partial charge is 0.481 e. The van der Waals surface area contributed by atoms with Crippen LogP contribution in [0.5, 0.6) is 0 Å². The Morgan fingerprint density at radius 1 is 1.41 bits per heavy atom. The van der Waals surface area contributed by atoms with Crippen LogP contribution in [0, 0.1) is 5.92 Å². The Labute approximate surface area is 102 Å². The molecule has 0 radical (unpaired) electrons. The summed E-state index contributed by atoms with van der Waals surface area (Å²) in [5.74, 6) is 0.0287. The number of hydrogen-bond donors (Lipinski definition) is 1. The SMILES string of the molecule is CCCC1CN(c2ccccc2CC(=O)O)C1. The predicted octanol–water partition coefficient (Wildman–Crippen LogP) is 2.55. The van der Waals surface area contributed by atoms with Gasteiger partial charge in [-0.15, -0.1) is 0 Å². The number of carboxylic acids is 1. The highest BCUT2D eigenvalue weighted by molar-refractivity contribution is 5.73. The molecule has 1 heterocycles. The highest BCUT2D eigenvalue weighted by atomic mass is 16.4. The monoisotopic (exact) mass is 233 g/mol. The summed E-state index contributed by atoms with van der Waals surface area (Å²) < 4.78 is 0. The van der Waals surface area contributed by atoms with Gasteiger partial charge in [-0.25, -0.2) is 0 Å². The van der Waals surface area contributed by atoms with E-state index in [1.54, 1.807) is 0 Å². The second-order valence-corrected chi connectivity index (χ2v) is 4.76. The van der Waals surface area contributed by atoms with Crippen LogP contribution in [-0.2, 0) is 11.2 Å². The zero-order chi connectivity index (χ0) is 12.3. The molecular formula is C14H19NO2. The van der Waals surface area contributed by atoms with Gasteiger partial charge in [0.2, 0.25) is 0 Å². The molecule has 0 bridgehead atoms. The third-order valence-electron chi connectivity index (χ3n) is 3.33. The molecule has 1 aromatic rings. The molecule has 1 N–H and O–H groups in total. The van der Waals surface area contributed by atoms with Gasteiger partial charge in [0.05, 0.1) is 6.42 Å². The summed E-state index contributed by atoms with van der Waals surface area (Å²) in [6.07, 6.45) is 2.62. The lowest BCUT2D eigenvalue weighted by Gasteiger charge is -2.42. The van der Waals surface area contributed by atoms with Crippen LogP contribution in [0.1, 0.15) is 25.3 Å². The molecule has 0 spiro atoms. The molecule has 0 saturated carbocycles. The molecule has 0 amide bonds. The maximum Gasteiger partial charge on any atom is 0.307 e. The molecule has 3 nitrogen and oxygen atoms in total. The van der Waals surface area contributed by atoms with E-state index in [9.17, 15) is 4.79 Å². The van der Waals surface area contributed by atoms with Crippen LogP contribution in [0.15, 0.2) is 24.3 Å². The molecule has 2 rings (SSSR count). The van der Waals surface area contributed by atoms with Gasteiger partial charge in [0, 0.05) is 18.8 Å². The number of hydrogen-bond acceptors (Lipinski definition) is 2. The fourth-order valence-corrected chi connectivity index (χ4v) is 2.49. The van der Waals surface area contributed by atoms with E-state index >= 15 is 0 Å². The molecule has 0 aromatic heterocycles. The molecule has 1 aromatic carbocycles. The molecule has 3 heteroatoms. The summed E-state index contributed by atoms with van der Waals surface area (Å²) in [6.45, 7) is 4.36. The van der Waals surface area contributed by atoms with Crippen molar-refractivity contribution in [3.05, 3.63) is 29.8 Å². The topological polar surface area (TPSA) is 40.5 Å². The Balaban J connectivity index is 2.04. The lowest BCUT2D eigenvalue weighted by molar-refractivity contribution is -0.136. The normalized spacial score (nSPS) is 15.7. The van der Waals surface area contributed by atoms with Crippen molar-refractivity contribution in [2.45, 2.75) is 26.2 Å². The highest BCUT2D eigenvalue weighted by Crippen LogP contribution is 2.30. The third kappa shape index (κ3) is 2.78. The van der Waals surface area contributed by atoms with Gasteiger partial charge in [-0.05, 0) is 24.0 Å². The van der Waals surface area contributed by atoms with Crippen LogP contribution < -0.4 is 4.90 Å². The molecular weight excluding hydrogens is 214 g/mol. The Morgan fingerprint density at radius 2 is 2.12 bits per heavy atom. The summed E-state index contributed by atoms with van der Waals surface area (Å²) in [6, 6.07) is 7.83. The van der Waals surface area contributed by atoms with Gasteiger partial charge in [0.15, 0.2) is 0 Å². The first-order valence-corrected chi connectivity index (χ1v) is 6.25. The van der Waals surface area contributed by atoms with E-state index in [4.69, 9.17) is 5.11 Å². The standard InChI is InChI=1S/C14H19NO2/c1-2-5-11-9-15(10-11)13-7-4-3-6-12(13)8-14(16)17/h3-4,6-7,11H,2,5,8-10H2,1H3,(H,16,17). The molecule has 1 aliphatic heterocycles. The minimum Gasteiger partial charge on any atom is -0.481 e. The average Bonchev–Trinajstić information content (AvgIpc) is 2.23. The van der Waals surface area contributed by atoms with Crippen molar-refractivity contribution in [2.75, 3.05) is 18.0 Å². The van der Waals surface area contributed by atoms with Gasteiger partial charge >= 0.3 is 5.97 Å². The molecule has 0 atom stereocenters. The summed E-state index contributed by atoms with van der Waals surface area (Å²) in [4.78, 5) is 13.1. The molecule has 1 aliphatic rings. The van der Waals surface area contributed by atoms with Crippen LogP contribution in [0.2, 0.25) is 0 Å². The van der Waals surface area contributed by atoms with Crippen molar-refractivity contribution in [3.8, 4) is 0 Å². The van der Waals surface area contributed by atoms with Crippen molar-refractivity contribution in [2.24, 2.45) is 5.92 Å². The fourth-order valence-electron chi connectivity index (χ4n) is 2.49. The molecule has 1 saturated heterocycles. The second-order valence-electron chi connectivity index (χ2n) is 4.76. The van der Waals surface area contributed by atoms with E-state index in [2.05, 4.69) is 11.8 Å². The van der Waals surface area contributed by atoms with Crippen LogP contribution >= 0.6 is 0 Å². The van der Waals surface area contributed by atoms with E-state index in [0.717, 1.165) is 30.3 Å². The Hall–Kier alpha value is -1.51. The quantitative estimate of drug-likeness (QED) is 0.849. The van der Waals surface area contributed by atoms with Crippen molar-refractivity contribution >= 4 is 11.7 Å². The van der Waals surface area contributed by atoms with Crippen LogP contribution in [0.25, 0.3) is 0 Å². The van der Waals surface area contributed by atoms with E-state index in [-0.39, 0.29) is 6.42 Å². The van der Waals surface area contributed by atoms with Crippen LogP contribution in [0.3, 0.4) is 0 Å². The molecule has 1 fully saturated rings. The van der Waals surface area contributed by atoms with E-state index in [1.165, 1.54) is 12.8 Å². The van der Waals surface area contributed by atoms with Crippen molar-refractivity contribution in [1.29, 1.82) is 0 Å². The zero-order valence-corrected chi connectivity index (χ0v) is 10.2. The van der Waals surface area contributed by atoms with Gasteiger partial charge in [0.1, 0.15) is 0 Å². The summed E-state index contributed by atoms with van der Waals surface area (Å²) in [5, 5.41) is 8.88. The van der Waals surface area contributed by atoms with Gasteiger partial charge in [0.25, 0.3) is 0 Å². The minimum absolute atomic E-state index is 0.116. The fraction of sp³-hybridized carbons (Fsp3) is 0.500. The number of anilines is 1. The zero-order valence-electron chi connectivity index (χ0n) is 10.2. The third-order valence-corrected chi connectivity index (χ3v) is 3.33. The number of aliphatic carboxylic acids is 1. The van der Waals surface area contributed by atoms with E-state index < -0.39 is 5.97 Å². The number of benzene rings is 1. The summed E-state index contributed by atoms with van der Waals surface area (Å²) in [5.41, 5.74) is 2.03. The number of para-hydroxylation sites is 1. The summed E-state index contributed by atoms with van der Waals surface area (Å²) >= 11 is 0. The maximum absolute atomic E-state index is 10.8. The number of nitrogens with zero attached hydrogens (tertiary/aromatic N) is 1. The number of carboxylic acid groups (broad SMARTS) is 1. The smallest absolute Gasteiger partial charge is 0.307 e. The van der Waals surface area contributed by atoms with Gasteiger partial charge in [-0.3, -0.25) is 4.79 Å². The number of rotatable bonds is 5. The molecule has 17 heavy (non-hydrogen) atoms. The van der Waals surface area contributed by atoms with Crippen molar-refractivity contribution in [1.82, 2.24) is 0 Å². The lowest BCUT2D eigenvalue weighted by atomic mass is 9.93. The maximum atomic E-state index is 10.8. The Kier molecular flexibility index (Phi) is 3.67. The van der Waals surface area contributed by atoms with Gasteiger partial charge in [-0.1, -0.05) is 31.5 Å².